The van der Waals surface area contributed by atoms with Gasteiger partial charge in [0.15, 0.2) is 0 Å². The molecule has 3 rings (SSSR count). The average molecular weight is 321 g/mol. The number of hydrogen-bond acceptors (Lipinski definition) is 3. The van der Waals surface area contributed by atoms with Gasteiger partial charge in [0, 0.05) is 43.1 Å². The third-order valence-electron chi connectivity index (χ3n) is 4.75. The van der Waals surface area contributed by atoms with E-state index in [9.17, 15) is 0 Å². The second kappa shape index (κ2) is 5.97. The van der Waals surface area contributed by atoms with E-state index in [2.05, 4.69) is 93.1 Å². The van der Waals surface area contributed by atoms with Gasteiger partial charge in [-0.1, -0.05) is 39.0 Å². The molecule has 1 unspecified atom stereocenters. The summed E-state index contributed by atoms with van der Waals surface area (Å²) in [5, 5.41) is 0. The summed E-state index contributed by atoms with van der Waals surface area (Å²) in [7, 11) is 2.13. The van der Waals surface area contributed by atoms with Crippen LogP contribution in [0.4, 0.5) is 5.69 Å². The molecule has 0 aliphatic carbocycles. The van der Waals surface area contributed by atoms with Crippen LogP contribution in [0.25, 0.3) is 0 Å². The van der Waals surface area contributed by atoms with Gasteiger partial charge in [-0.05, 0) is 42.0 Å². The minimum Gasteiger partial charge on any atom is -0.355 e. The van der Waals surface area contributed by atoms with E-state index in [1.54, 1.807) is 0 Å². The first kappa shape index (κ1) is 16.6. The summed E-state index contributed by atoms with van der Waals surface area (Å²) in [5.41, 5.74) is 6.55. The van der Waals surface area contributed by atoms with Gasteiger partial charge in [-0.2, -0.15) is 0 Å². The molecule has 1 atom stereocenters. The summed E-state index contributed by atoms with van der Waals surface area (Å²) in [6, 6.07) is 8.64. The molecule has 0 N–H and O–H groups in total. The molecular weight excluding hydrogens is 294 g/mol. The Labute approximate surface area is 145 Å². The third kappa shape index (κ3) is 2.79. The molecule has 0 saturated heterocycles. The number of rotatable bonds is 2. The maximum Gasteiger partial charge on any atom is 0.133 e. The summed E-state index contributed by atoms with van der Waals surface area (Å²) in [6.45, 7) is 11.1. The van der Waals surface area contributed by atoms with Gasteiger partial charge in [0.1, 0.15) is 6.17 Å². The molecule has 1 aliphatic rings. The molecule has 24 heavy (non-hydrogen) atoms. The number of anilines is 1. The number of pyridine rings is 1. The molecular formula is C21H27N3. The van der Waals surface area contributed by atoms with Crippen LogP contribution < -0.4 is 4.90 Å². The van der Waals surface area contributed by atoms with Crippen LogP contribution in [0.15, 0.2) is 49.1 Å². The quantitative estimate of drug-likeness (QED) is 0.783. The van der Waals surface area contributed by atoms with E-state index >= 15 is 0 Å². The SMILES string of the molecule is Cc1cccc(C)c1N1C=CN(C)C1c1cnccc1C(C)(C)C. The lowest BCUT2D eigenvalue weighted by molar-refractivity contribution is 0.360. The number of hydrogen-bond donors (Lipinski definition) is 0. The first-order valence-corrected chi connectivity index (χ1v) is 8.50. The Balaban J connectivity index is 2.14. The lowest BCUT2D eigenvalue weighted by atomic mass is 9.83. The highest BCUT2D eigenvalue weighted by molar-refractivity contribution is 5.63. The molecule has 1 aromatic carbocycles. The first-order valence-electron chi connectivity index (χ1n) is 8.50. The van der Waals surface area contributed by atoms with Crippen molar-refractivity contribution < 1.29 is 0 Å². The molecule has 0 saturated carbocycles. The zero-order chi connectivity index (χ0) is 17.5. The highest BCUT2D eigenvalue weighted by atomic mass is 15.4. The lowest BCUT2D eigenvalue weighted by Gasteiger charge is -2.35. The predicted molar refractivity (Wildman–Crippen MR) is 101 cm³/mol. The third-order valence-corrected chi connectivity index (χ3v) is 4.75. The van der Waals surface area contributed by atoms with Gasteiger partial charge in [0.25, 0.3) is 0 Å². The minimum absolute atomic E-state index is 0.0775. The van der Waals surface area contributed by atoms with Crippen LogP contribution in [0, 0.1) is 13.8 Å². The van der Waals surface area contributed by atoms with E-state index in [4.69, 9.17) is 0 Å². The van der Waals surface area contributed by atoms with Crippen LogP contribution >= 0.6 is 0 Å². The molecule has 0 spiro atoms. The van der Waals surface area contributed by atoms with Crippen LogP contribution in [-0.4, -0.2) is 16.9 Å². The van der Waals surface area contributed by atoms with Gasteiger partial charge in [-0.3, -0.25) is 4.98 Å². The maximum absolute atomic E-state index is 4.43. The molecule has 1 aliphatic heterocycles. The minimum atomic E-state index is 0.0775. The van der Waals surface area contributed by atoms with E-state index in [1.165, 1.54) is 27.9 Å². The van der Waals surface area contributed by atoms with Crippen molar-refractivity contribution in [2.45, 2.75) is 46.2 Å². The summed E-state index contributed by atoms with van der Waals surface area (Å²) in [4.78, 5) is 9.06. The van der Waals surface area contributed by atoms with E-state index in [1.807, 2.05) is 12.4 Å². The smallest absolute Gasteiger partial charge is 0.133 e. The Morgan fingerprint density at radius 2 is 1.67 bits per heavy atom. The van der Waals surface area contributed by atoms with Crippen LogP contribution in [0.1, 0.15) is 49.2 Å². The standard InChI is InChI=1S/C21H27N3/c1-15-8-7-9-16(2)19(15)24-13-12-23(6)20(24)17-14-22-11-10-18(17)21(3,4)5/h7-14,20H,1-6H3. The number of aryl methyl sites for hydroxylation is 2. The summed E-state index contributed by atoms with van der Waals surface area (Å²) >= 11 is 0. The second-order valence-electron chi connectivity index (χ2n) is 7.70. The molecule has 0 radical (unpaired) electrons. The van der Waals surface area contributed by atoms with Gasteiger partial charge >= 0.3 is 0 Å². The molecule has 3 nitrogen and oxygen atoms in total. The number of benzene rings is 1. The van der Waals surface area contributed by atoms with Crippen LogP contribution in [0.3, 0.4) is 0 Å². The summed E-state index contributed by atoms with van der Waals surface area (Å²) in [6.07, 6.45) is 8.38. The number of para-hydroxylation sites is 1. The molecule has 0 amide bonds. The van der Waals surface area contributed by atoms with Crippen molar-refractivity contribution in [3.8, 4) is 0 Å². The Kier molecular flexibility index (Phi) is 4.12. The van der Waals surface area contributed by atoms with Crippen molar-refractivity contribution in [1.29, 1.82) is 0 Å². The zero-order valence-electron chi connectivity index (χ0n) is 15.5. The molecule has 0 fully saturated rings. The van der Waals surface area contributed by atoms with Crippen molar-refractivity contribution in [2.75, 3.05) is 11.9 Å². The fourth-order valence-electron chi connectivity index (χ4n) is 3.61. The molecule has 126 valence electrons. The first-order chi connectivity index (χ1) is 11.3. The molecule has 0 bridgehead atoms. The van der Waals surface area contributed by atoms with E-state index in [0.717, 1.165) is 0 Å². The Morgan fingerprint density at radius 1 is 1.00 bits per heavy atom. The van der Waals surface area contributed by atoms with Gasteiger partial charge in [-0.25, -0.2) is 0 Å². The highest BCUT2D eigenvalue weighted by Crippen LogP contribution is 2.40. The van der Waals surface area contributed by atoms with Crippen molar-refractivity contribution in [3.05, 3.63) is 71.3 Å². The number of aromatic nitrogens is 1. The van der Waals surface area contributed by atoms with Crippen LogP contribution in [0.2, 0.25) is 0 Å². The molecule has 2 aromatic rings. The maximum atomic E-state index is 4.43. The van der Waals surface area contributed by atoms with E-state index in [0.29, 0.717) is 0 Å². The molecule has 3 heteroatoms. The van der Waals surface area contributed by atoms with Crippen molar-refractivity contribution >= 4 is 5.69 Å². The Bertz CT molecular complexity index is 751. The van der Waals surface area contributed by atoms with Crippen LogP contribution in [0.5, 0.6) is 0 Å². The Hall–Kier alpha value is -2.29. The molecule has 2 heterocycles. The largest absolute Gasteiger partial charge is 0.355 e. The fourth-order valence-corrected chi connectivity index (χ4v) is 3.61. The van der Waals surface area contributed by atoms with E-state index < -0.39 is 0 Å². The van der Waals surface area contributed by atoms with Crippen molar-refractivity contribution in [2.24, 2.45) is 0 Å². The Morgan fingerprint density at radius 3 is 2.29 bits per heavy atom. The van der Waals surface area contributed by atoms with Crippen LogP contribution in [-0.2, 0) is 5.41 Å². The van der Waals surface area contributed by atoms with Crippen molar-refractivity contribution in [3.63, 3.8) is 0 Å². The average Bonchev–Trinajstić information content (AvgIpc) is 2.88. The normalized spacial score (nSPS) is 17.7. The fraction of sp³-hybridized carbons (Fsp3) is 0.381. The van der Waals surface area contributed by atoms with E-state index in [-0.39, 0.29) is 11.6 Å². The van der Waals surface area contributed by atoms with Gasteiger partial charge < -0.3 is 9.80 Å². The lowest BCUT2D eigenvalue weighted by Crippen LogP contribution is -2.31. The zero-order valence-corrected chi connectivity index (χ0v) is 15.5. The molecule has 1 aromatic heterocycles. The van der Waals surface area contributed by atoms with Gasteiger partial charge in [0.2, 0.25) is 0 Å². The highest BCUT2D eigenvalue weighted by Gasteiger charge is 2.32. The van der Waals surface area contributed by atoms with Gasteiger partial charge in [-0.15, -0.1) is 0 Å². The monoisotopic (exact) mass is 321 g/mol. The topological polar surface area (TPSA) is 19.4 Å². The second-order valence-corrected chi connectivity index (χ2v) is 7.70. The number of nitrogens with zero attached hydrogens (tertiary/aromatic N) is 3. The van der Waals surface area contributed by atoms with Crippen molar-refractivity contribution in [1.82, 2.24) is 9.88 Å². The summed E-state index contributed by atoms with van der Waals surface area (Å²) < 4.78 is 0. The van der Waals surface area contributed by atoms with Gasteiger partial charge in [0.05, 0.1) is 0 Å². The predicted octanol–water partition coefficient (Wildman–Crippen LogP) is 4.92. The summed E-state index contributed by atoms with van der Waals surface area (Å²) in [5.74, 6) is 0.